The third kappa shape index (κ3) is 6.82. The van der Waals surface area contributed by atoms with Gasteiger partial charge in [-0.1, -0.05) is 33.6 Å². The quantitative estimate of drug-likeness (QED) is 0.710. The number of aliphatic carboxylic acids is 1. The number of hydrogen-bond acceptors (Lipinski definition) is 2. The van der Waals surface area contributed by atoms with Crippen LogP contribution in [0.4, 0.5) is 4.79 Å². The lowest BCUT2D eigenvalue weighted by atomic mass is 9.80. The lowest BCUT2D eigenvalue weighted by Crippen LogP contribution is -2.39. The van der Waals surface area contributed by atoms with Crippen molar-refractivity contribution in [2.24, 2.45) is 11.3 Å². The summed E-state index contributed by atoms with van der Waals surface area (Å²) in [7, 11) is 0. The molecule has 0 aromatic rings. The molecule has 0 radical (unpaired) electrons. The highest BCUT2D eigenvalue weighted by Gasteiger charge is 2.33. The number of carboxylic acids is 1. The van der Waals surface area contributed by atoms with Crippen LogP contribution in [0.3, 0.4) is 0 Å². The Morgan fingerprint density at radius 3 is 2.43 bits per heavy atom. The van der Waals surface area contributed by atoms with E-state index in [1.165, 1.54) is 0 Å². The van der Waals surface area contributed by atoms with E-state index in [9.17, 15) is 9.59 Å². The minimum absolute atomic E-state index is 0.0484. The van der Waals surface area contributed by atoms with Gasteiger partial charge in [0.15, 0.2) is 0 Å². The monoisotopic (exact) mass is 298 g/mol. The van der Waals surface area contributed by atoms with Gasteiger partial charge in [0.05, 0.1) is 0 Å². The molecule has 1 heterocycles. The van der Waals surface area contributed by atoms with Crippen molar-refractivity contribution in [3.05, 3.63) is 0 Å². The van der Waals surface area contributed by atoms with Gasteiger partial charge in [-0.3, -0.25) is 4.79 Å². The lowest BCUT2D eigenvalue weighted by molar-refractivity contribution is -0.137. The normalized spacial score (nSPS) is 18.8. The van der Waals surface area contributed by atoms with Crippen molar-refractivity contribution >= 4 is 12.0 Å². The first-order valence-electron chi connectivity index (χ1n) is 8.05. The second-order valence-corrected chi connectivity index (χ2v) is 7.09. The van der Waals surface area contributed by atoms with Crippen LogP contribution in [0.25, 0.3) is 0 Å². The zero-order chi connectivity index (χ0) is 15.9. The number of nitrogens with one attached hydrogen (secondary N) is 1. The summed E-state index contributed by atoms with van der Waals surface area (Å²) < 4.78 is 0. The number of carboxylic acid groups (broad SMARTS) is 1. The molecular weight excluding hydrogens is 268 g/mol. The maximum atomic E-state index is 12.0. The van der Waals surface area contributed by atoms with Crippen LogP contribution in [0.2, 0.25) is 0 Å². The molecule has 1 fully saturated rings. The topological polar surface area (TPSA) is 69.6 Å². The molecule has 5 heteroatoms. The fourth-order valence-electron chi connectivity index (χ4n) is 2.71. The molecule has 0 spiro atoms. The van der Waals surface area contributed by atoms with Crippen LogP contribution >= 0.6 is 0 Å². The van der Waals surface area contributed by atoms with Gasteiger partial charge < -0.3 is 15.3 Å². The van der Waals surface area contributed by atoms with Crippen LogP contribution in [0.15, 0.2) is 0 Å². The predicted octanol–water partition coefficient (Wildman–Crippen LogP) is 3.10. The van der Waals surface area contributed by atoms with Gasteiger partial charge in [-0.2, -0.15) is 0 Å². The molecule has 1 unspecified atom stereocenters. The summed E-state index contributed by atoms with van der Waals surface area (Å²) in [6, 6.07) is 0.0484. The maximum Gasteiger partial charge on any atom is 0.317 e. The van der Waals surface area contributed by atoms with Crippen molar-refractivity contribution in [3.8, 4) is 0 Å². The molecule has 21 heavy (non-hydrogen) atoms. The minimum atomic E-state index is -0.731. The molecule has 1 aliphatic heterocycles. The maximum absolute atomic E-state index is 12.0. The lowest BCUT2D eigenvalue weighted by Gasteiger charge is -2.27. The summed E-state index contributed by atoms with van der Waals surface area (Å²) in [6.07, 6.45) is 4.86. The van der Waals surface area contributed by atoms with Crippen molar-refractivity contribution in [2.75, 3.05) is 19.6 Å². The Kier molecular flexibility index (Phi) is 6.99. The highest BCUT2D eigenvalue weighted by Crippen LogP contribution is 2.33. The first-order chi connectivity index (χ1) is 9.80. The highest BCUT2D eigenvalue weighted by atomic mass is 16.4. The van der Waals surface area contributed by atoms with Crippen LogP contribution in [0.5, 0.6) is 0 Å². The van der Waals surface area contributed by atoms with Gasteiger partial charge in [-0.05, 0) is 30.6 Å². The standard InChI is InChI=1S/C16H30N2O3/c1-16(2,3)13-9-11-18(12-13)15(21)17-10-7-5-4-6-8-14(19)20/h13H,4-12H2,1-3H3,(H,17,21)(H,19,20). The molecule has 1 atom stereocenters. The van der Waals surface area contributed by atoms with Gasteiger partial charge in [0.25, 0.3) is 0 Å². The molecule has 0 aromatic heterocycles. The Labute approximate surface area is 128 Å². The Bertz CT molecular complexity index is 350. The van der Waals surface area contributed by atoms with Gasteiger partial charge >= 0.3 is 12.0 Å². The third-order valence-electron chi connectivity index (χ3n) is 4.29. The van der Waals surface area contributed by atoms with Crippen molar-refractivity contribution in [1.29, 1.82) is 0 Å². The number of urea groups is 1. The molecule has 122 valence electrons. The average molecular weight is 298 g/mol. The van der Waals surface area contributed by atoms with Crippen molar-refractivity contribution in [1.82, 2.24) is 10.2 Å². The van der Waals surface area contributed by atoms with Gasteiger partial charge in [0.2, 0.25) is 0 Å². The number of unbranched alkanes of at least 4 members (excludes halogenated alkanes) is 3. The first kappa shape index (κ1) is 17.8. The number of likely N-dealkylation sites (tertiary alicyclic amines) is 1. The largest absolute Gasteiger partial charge is 0.481 e. The zero-order valence-corrected chi connectivity index (χ0v) is 13.7. The van der Waals surface area contributed by atoms with E-state index in [1.54, 1.807) is 0 Å². The van der Waals surface area contributed by atoms with E-state index in [0.29, 0.717) is 12.5 Å². The van der Waals surface area contributed by atoms with Crippen LogP contribution in [0.1, 0.15) is 59.3 Å². The number of rotatable bonds is 7. The summed E-state index contributed by atoms with van der Waals surface area (Å²) in [4.78, 5) is 24.3. The summed E-state index contributed by atoms with van der Waals surface area (Å²) in [5.41, 5.74) is 0.263. The van der Waals surface area contributed by atoms with Gasteiger partial charge in [0, 0.05) is 26.1 Å². The average Bonchev–Trinajstić information content (AvgIpc) is 2.86. The number of hydrogen-bond donors (Lipinski definition) is 2. The summed E-state index contributed by atoms with van der Waals surface area (Å²) in [5, 5.41) is 11.5. The summed E-state index contributed by atoms with van der Waals surface area (Å²) >= 11 is 0. The molecule has 2 amide bonds. The van der Waals surface area contributed by atoms with Crippen LogP contribution in [-0.4, -0.2) is 41.6 Å². The van der Waals surface area contributed by atoms with E-state index >= 15 is 0 Å². The predicted molar refractivity (Wildman–Crippen MR) is 83.3 cm³/mol. The minimum Gasteiger partial charge on any atom is -0.481 e. The van der Waals surface area contributed by atoms with Crippen LogP contribution in [-0.2, 0) is 4.79 Å². The van der Waals surface area contributed by atoms with E-state index < -0.39 is 5.97 Å². The van der Waals surface area contributed by atoms with Crippen LogP contribution in [0, 0.1) is 11.3 Å². The zero-order valence-electron chi connectivity index (χ0n) is 13.7. The smallest absolute Gasteiger partial charge is 0.317 e. The van der Waals surface area contributed by atoms with E-state index in [2.05, 4.69) is 26.1 Å². The number of nitrogens with zero attached hydrogens (tertiary/aromatic N) is 1. The van der Waals surface area contributed by atoms with Crippen molar-refractivity contribution in [3.63, 3.8) is 0 Å². The molecule has 1 rings (SSSR count). The fourth-order valence-corrected chi connectivity index (χ4v) is 2.71. The van der Waals surface area contributed by atoms with Gasteiger partial charge in [-0.15, -0.1) is 0 Å². The summed E-state index contributed by atoms with van der Waals surface area (Å²) in [6.45, 7) is 9.09. The Hall–Kier alpha value is -1.26. The Morgan fingerprint density at radius 1 is 1.19 bits per heavy atom. The molecular formula is C16H30N2O3. The molecule has 1 saturated heterocycles. The second kappa shape index (κ2) is 8.25. The molecule has 5 nitrogen and oxygen atoms in total. The van der Waals surface area contributed by atoms with E-state index in [4.69, 9.17) is 5.11 Å². The summed E-state index contributed by atoms with van der Waals surface area (Å²) in [5.74, 6) is -0.148. The van der Waals surface area contributed by atoms with Gasteiger partial charge in [0.1, 0.15) is 0 Å². The highest BCUT2D eigenvalue weighted by molar-refractivity contribution is 5.74. The van der Waals surface area contributed by atoms with E-state index in [1.807, 2.05) is 4.90 Å². The van der Waals surface area contributed by atoms with Crippen molar-refractivity contribution in [2.45, 2.75) is 59.3 Å². The van der Waals surface area contributed by atoms with E-state index in [-0.39, 0.29) is 17.9 Å². The van der Waals surface area contributed by atoms with Gasteiger partial charge in [-0.25, -0.2) is 4.79 Å². The van der Waals surface area contributed by atoms with Crippen LogP contribution < -0.4 is 5.32 Å². The Morgan fingerprint density at radius 2 is 1.86 bits per heavy atom. The molecule has 1 aliphatic rings. The molecule has 0 saturated carbocycles. The molecule has 0 bridgehead atoms. The fraction of sp³-hybridized carbons (Fsp3) is 0.875. The third-order valence-corrected chi connectivity index (χ3v) is 4.29. The Balaban J connectivity index is 2.08. The SMILES string of the molecule is CC(C)(C)C1CCN(C(=O)NCCCCCCC(=O)O)C1. The molecule has 0 aliphatic carbocycles. The number of amides is 2. The molecule has 0 aromatic carbocycles. The van der Waals surface area contributed by atoms with Crippen molar-refractivity contribution < 1.29 is 14.7 Å². The second-order valence-electron chi connectivity index (χ2n) is 7.09. The first-order valence-corrected chi connectivity index (χ1v) is 8.05. The number of carbonyl (C=O) groups is 2. The van der Waals surface area contributed by atoms with E-state index in [0.717, 1.165) is 45.2 Å². The number of carbonyl (C=O) groups excluding carboxylic acids is 1. The molecule has 2 N–H and O–H groups in total.